The number of hydrogen-bond donors (Lipinski definition) is 2. The average Bonchev–Trinajstić information content (AvgIpc) is 2.26. The minimum atomic E-state index is 0.00830. The molecule has 1 aromatic carbocycles. The molecule has 0 heterocycles. The van der Waals surface area contributed by atoms with Crippen LogP contribution in [0.4, 0.5) is 0 Å². The molecule has 1 atom stereocenters. The fourth-order valence-corrected chi connectivity index (χ4v) is 1.31. The van der Waals surface area contributed by atoms with Crippen LogP contribution in [0.25, 0.3) is 0 Å². The van der Waals surface area contributed by atoms with E-state index in [9.17, 15) is 4.79 Å². The van der Waals surface area contributed by atoms with Crippen molar-refractivity contribution < 1.29 is 4.79 Å². The molecule has 0 saturated heterocycles. The van der Waals surface area contributed by atoms with Gasteiger partial charge in [0.05, 0.1) is 6.54 Å². The van der Waals surface area contributed by atoms with Crippen LogP contribution in [-0.4, -0.2) is 19.5 Å². The molecule has 3 nitrogen and oxygen atoms in total. The van der Waals surface area contributed by atoms with E-state index in [1.54, 1.807) is 7.05 Å². The van der Waals surface area contributed by atoms with Crippen LogP contribution in [0.3, 0.4) is 0 Å². The van der Waals surface area contributed by atoms with E-state index in [-0.39, 0.29) is 11.9 Å². The van der Waals surface area contributed by atoms with Crippen molar-refractivity contribution in [3.63, 3.8) is 0 Å². The van der Waals surface area contributed by atoms with E-state index < -0.39 is 0 Å². The predicted octanol–water partition coefficient (Wildman–Crippen LogP) is 1.39. The Morgan fingerprint density at radius 1 is 1.33 bits per heavy atom. The van der Waals surface area contributed by atoms with Crippen LogP contribution in [0.15, 0.2) is 24.3 Å². The number of benzene rings is 1. The number of likely N-dealkylation sites (N-methyl/N-ethyl adjacent to an activating group) is 1. The first kappa shape index (κ1) is 11.7. The van der Waals surface area contributed by atoms with E-state index in [4.69, 9.17) is 0 Å². The largest absolute Gasteiger partial charge is 0.358 e. The molecular formula is C12H18N2O. The van der Waals surface area contributed by atoms with Gasteiger partial charge in [0.25, 0.3) is 0 Å². The fraction of sp³-hybridized carbons (Fsp3) is 0.417. The fourth-order valence-electron chi connectivity index (χ4n) is 1.31. The van der Waals surface area contributed by atoms with Crippen LogP contribution in [0, 0.1) is 6.92 Å². The summed E-state index contributed by atoms with van der Waals surface area (Å²) < 4.78 is 0. The van der Waals surface area contributed by atoms with Crippen molar-refractivity contribution in [1.82, 2.24) is 10.6 Å². The highest BCUT2D eigenvalue weighted by Gasteiger charge is 2.05. The molecule has 0 spiro atoms. The summed E-state index contributed by atoms with van der Waals surface area (Å²) in [5.41, 5.74) is 2.45. The molecule has 1 aromatic rings. The number of carbonyl (C=O) groups is 1. The Balaban J connectivity index is 2.50. The summed E-state index contributed by atoms with van der Waals surface area (Å²) in [5, 5.41) is 5.74. The Labute approximate surface area is 90.9 Å². The molecule has 2 N–H and O–H groups in total. The van der Waals surface area contributed by atoms with E-state index in [0.29, 0.717) is 6.54 Å². The van der Waals surface area contributed by atoms with Gasteiger partial charge in [-0.25, -0.2) is 0 Å². The van der Waals surface area contributed by atoms with Crippen molar-refractivity contribution in [3.8, 4) is 0 Å². The lowest BCUT2D eigenvalue weighted by atomic mass is 10.1. The maximum Gasteiger partial charge on any atom is 0.233 e. The molecule has 15 heavy (non-hydrogen) atoms. The lowest BCUT2D eigenvalue weighted by Crippen LogP contribution is -2.32. The van der Waals surface area contributed by atoms with E-state index in [2.05, 4.69) is 41.8 Å². The number of nitrogens with one attached hydrogen (secondary N) is 2. The lowest BCUT2D eigenvalue weighted by molar-refractivity contribution is -0.119. The predicted molar refractivity (Wildman–Crippen MR) is 61.7 cm³/mol. The first-order valence-corrected chi connectivity index (χ1v) is 5.14. The number of amides is 1. The van der Waals surface area contributed by atoms with E-state index in [1.807, 2.05) is 6.92 Å². The molecule has 0 aliphatic heterocycles. The molecule has 0 unspecified atom stereocenters. The van der Waals surface area contributed by atoms with Crippen LogP contribution < -0.4 is 10.6 Å². The molecule has 0 radical (unpaired) electrons. The van der Waals surface area contributed by atoms with E-state index >= 15 is 0 Å². The van der Waals surface area contributed by atoms with Gasteiger partial charge in [0.2, 0.25) is 5.91 Å². The van der Waals surface area contributed by atoms with Crippen molar-refractivity contribution in [2.24, 2.45) is 0 Å². The van der Waals surface area contributed by atoms with Gasteiger partial charge in [0.15, 0.2) is 0 Å². The van der Waals surface area contributed by atoms with Crippen LogP contribution in [0.1, 0.15) is 24.1 Å². The summed E-state index contributed by atoms with van der Waals surface area (Å²) >= 11 is 0. The average molecular weight is 206 g/mol. The molecule has 0 fully saturated rings. The Kier molecular flexibility index (Phi) is 4.31. The maximum absolute atomic E-state index is 11.0. The van der Waals surface area contributed by atoms with Crippen molar-refractivity contribution >= 4 is 5.91 Å². The van der Waals surface area contributed by atoms with Crippen molar-refractivity contribution in [2.45, 2.75) is 19.9 Å². The van der Waals surface area contributed by atoms with Gasteiger partial charge >= 0.3 is 0 Å². The number of aryl methyl sites for hydroxylation is 1. The van der Waals surface area contributed by atoms with E-state index in [0.717, 1.165) is 0 Å². The minimum absolute atomic E-state index is 0.00830. The Morgan fingerprint density at radius 3 is 2.47 bits per heavy atom. The maximum atomic E-state index is 11.0. The topological polar surface area (TPSA) is 41.1 Å². The van der Waals surface area contributed by atoms with Gasteiger partial charge in [0, 0.05) is 13.1 Å². The second-order valence-corrected chi connectivity index (χ2v) is 3.69. The third kappa shape index (κ3) is 3.72. The summed E-state index contributed by atoms with van der Waals surface area (Å²) in [4.78, 5) is 11.0. The molecule has 0 aliphatic rings. The molecule has 1 amide bonds. The number of hydrogen-bond acceptors (Lipinski definition) is 2. The second kappa shape index (κ2) is 5.51. The van der Waals surface area contributed by atoms with Gasteiger partial charge in [-0.2, -0.15) is 0 Å². The molecule has 82 valence electrons. The molecule has 0 aromatic heterocycles. The van der Waals surface area contributed by atoms with Gasteiger partial charge in [-0.1, -0.05) is 29.8 Å². The van der Waals surface area contributed by atoms with E-state index in [1.165, 1.54) is 11.1 Å². The molecule has 3 heteroatoms. The summed E-state index contributed by atoms with van der Waals surface area (Å²) in [7, 11) is 1.64. The molecule has 0 saturated carbocycles. The summed E-state index contributed by atoms with van der Waals surface area (Å²) in [5.74, 6) is 0.00830. The normalized spacial score (nSPS) is 12.2. The Hall–Kier alpha value is -1.35. The smallest absolute Gasteiger partial charge is 0.233 e. The molecule has 1 rings (SSSR count). The van der Waals surface area contributed by atoms with Crippen molar-refractivity contribution in [2.75, 3.05) is 13.6 Å². The van der Waals surface area contributed by atoms with Crippen molar-refractivity contribution in [1.29, 1.82) is 0 Å². The highest BCUT2D eigenvalue weighted by atomic mass is 16.1. The van der Waals surface area contributed by atoms with Crippen LogP contribution in [0.2, 0.25) is 0 Å². The standard InChI is InChI=1S/C12H18N2O/c1-9-4-6-11(7-5-9)10(2)14-8-12(15)13-3/h4-7,10,14H,8H2,1-3H3,(H,13,15)/t10-/m1/s1. The Bertz CT molecular complexity index is 319. The number of carbonyl (C=O) groups excluding carboxylic acids is 1. The first-order chi connectivity index (χ1) is 7.13. The zero-order valence-electron chi connectivity index (χ0n) is 9.50. The zero-order valence-corrected chi connectivity index (χ0v) is 9.50. The highest BCUT2D eigenvalue weighted by molar-refractivity contribution is 5.77. The summed E-state index contributed by atoms with van der Waals surface area (Å²) in [6.45, 7) is 4.46. The molecule has 0 aliphatic carbocycles. The third-order valence-corrected chi connectivity index (χ3v) is 2.42. The monoisotopic (exact) mass is 206 g/mol. The zero-order chi connectivity index (χ0) is 11.3. The minimum Gasteiger partial charge on any atom is -0.358 e. The lowest BCUT2D eigenvalue weighted by Gasteiger charge is -2.13. The summed E-state index contributed by atoms with van der Waals surface area (Å²) in [6.07, 6.45) is 0. The first-order valence-electron chi connectivity index (χ1n) is 5.14. The molecule has 0 bridgehead atoms. The highest BCUT2D eigenvalue weighted by Crippen LogP contribution is 2.12. The van der Waals surface area contributed by atoms with Gasteiger partial charge in [-0.15, -0.1) is 0 Å². The third-order valence-electron chi connectivity index (χ3n) is 2.42. The van der Waals surface area contributed by atoms with Gasteiger partial charge in [-0.3, -0.25) is 4.79 Å². The Morgan fingerprint density at radius 2 is 1.93 bits per heavy atom. The SMILES string of the molecule is CNC(=O)CN[C@H](C)c1ccc(C)cc1. The van der Waals surface area contributed by atoms with Crippen molar-refractivity contribution in [3.05, 3.63) is 35.4 Å². The van der Waals surface area contributed by atoms with Gasteiger partial charge in [0.1, 0.15) is 0 Å². The number of rotatable bonds is 4. The quantitative estimate of drug-likeness (QED) is 0.781. The van der Waals surface area contributed by atoms with Gasteiger partial charge in [-0.05, 0) is 19.4 Å². The van der Waals surface area contributed by atoms with Crippen LogP contribution in [0.5, 0.6) is 0 Å². The van der Waals surface area contributed by atoms with Crippen LogP contribution in [-0.2, 0) is 4.79 Å². The van der Waals surface area contributed by atoms with Gasteiger partial charge < -0.3 is 10.6 Å². The molecular weight excluding hydrogens is 188 g/mol. The second-order valence-electron chi connectivity index (χ2n) is 3.69. The van der Waals surface area contributed by atoms with Crippen LogP contribution >= 0.6 is 0 Å². The summed E-state index contributed by atoms with van der Waals surface area (Å²) in [6, 6.07) is 8.51.